The molecular formula is C9H17NO4. The predicted molar refractivity (Wildman–Crippen MR) is 50.9 cm³/mol. The Labute approximate surface area is 83.6 Å². The van der Waals surface area contributed by atoms with Gasteiger partial charge in [0.05, 0.1) is 18.9 Å². The van der Waals surface area contributed by atoms with Crippen LogP contribution in [0.4, 0.5) is 0 Å². The average Bonchev–Trinajstić information content (AvgIpc) is 2.13. The Morgan fingerprint density at radius 2 is 2.07 bits per heavy atom. The van der Waals surface area contributed by atoms with Crippen LogP contribution in [0.1, 0.15) is 13.3 Å². The monoisotopic (exact) mass is 203 g/mol. The lowest BCUT2D eigenvalue weighted by Crippen LogP contribution is -2.34. The predicted octanol–water partition coefficient (Wildman–Crippen LogP) is 0.202. The second-order valence-corrected chi connectivity index (χ2v) is 3.26. The maximum Gasteiger partial charge on any atom is 0.308 e. The Morgan fingerprint density at radius 3 is 2.50 bits per heavy atom. The number of carboxylic acid groups (broad SMARTS) is 1. The van der Waals surface area contributed by atoms with E-state index < -0.39 is 11.9 Å². The fraction of sp³-hybridized carbons (Fsp3) is 0.778. The summed E-state index contributed by atoms with van der Waals surface area (Å²) >= 11 is 0. The van der Waals surface area contributed by atoms with Crippen molar-refractivity contribution in [2.75, 3.05) is 27.3 Å². The lowest BCUT2D eigenvalue weighted by molar-refractivity contribution is -0.142. The molecule has 0 heterocycles. The van der Waals surface area contributed by atoms with E-state index in [1.165, 1.54) is 12.0 Å². The molecular weight excluding hydrogens is 186 g/mol. The van der Waals surface area contributed by atoms with Gasteiger partial charge in [0.2, 0.25) is 5.91 Å². The van der Waals surface area contributed by atoms with Crippen molar-refractivity contribution in [3.05, 3.63) is 0 Å². The van der Waals surface area contributed by atoms with E-state index in [2.05, 4.69) is 0 Å². The number of methoxy groups -OCH3 is 1. The van der Waals surface area contributed by atoms with Crippen molar-refractivity contribution in [1.29, 1.82) is 0 Å². The van der Waals surface area contributed by atoms with Gasteiger partial charge in [-0.05, 0) is 0 Å². The molecule has 0 saturated carbocycles. The van der Waals surface area contributed by atoms with E-state index in [-0.39, 0.29) is 12.5 Å². The molecule has 0 aromatic heterocycles. The van der Waals surface area contributed by atoms with Crippen LogP contribution in [0.3, 0.4) is 0 Å². The van der Waals surface area contributed by atoms with Crippen LogP contribution in [0.2, 0.25) is 0 Å². The summed E-state index contributed by atoms with van der Waals surface area (Å²) in [4.78, 5) is 23.2. The third kappa shape index (κ3) is 4.81. The van der Waals surface area contributed by atoms with E-state index in [4.69, 9.17) is 9.84 Å². The van der Waals surface area contributed by atoms with Crippen LogP contribution < -0.4 is 0 Å². The Balaban J connectivity index is 3.88. The average molecular weight is 203 g/mol. The first kappa shape index (κ1) is 12.9. The smallest absolute Gasteiger partial charge is 0.308 e. The molecule has 1 unspecified atom stereocenters. The van der Waals surface area contributed by atoms with E-state index in [0.717, 1.165) is 0 Å². The minimum absolute atomic E-state index is 0.0973. The van der Waals surface area contributed by atoms with Gasteiger partial charge in [-0.2, -0.15) is 0 Å². The molecule has 0 aliphatic rings. The highest BCUT2D eigenvalue weighted by Gasteiger charge is 2.16. The normalized spacial score (nSPS) is 12.2. The molecule has 0 aromatic carbocycles. The van der Waals surface area contributed by atoms with E-state index >= 15 is 0 Å². The highest BCUT2D eigenvalue weighted by molar-refractivity contribution is 5.77. The highest BCUT2D eigenvalue weighted by atomic mass is 16.5. The van der Waals surface area contributed by atoms with E-state index in [1.54, 1.807) is 14.0 Å². The van der Waals surface area contributed by atoms with Gasteiger partial charge in [0.15, 0.2) is 0 Å². The number of amides is 1. The lowest BCUT2D eigenvalue weighted by atomic mass is 10.2. The number of hydrogen-bond acceptors (Lipinski definition) is 3. The van der Waals surface area contributed by atoms with Crippen LogP contribution >= 0.6 is 0 Å². The third-order valence-electron chi connectivity index (χ3n) is 1.92. The number of hydrogen-bond donors (Lipinski definition) is 1. The SMILES string of the molecule is COCCC(=O)N(C)CC(C)C(=O)O. The van der Waals surface area contributed by atoms with Crippen molar-refractivity contribution in [2.24, 2.45) is 5.92 Å². The quantitative estimate of drug-likeness (QED) is 0.669. The lowest BCUT2D eigenvalue weighted by Gasteiger charge is -2.19. The fourth-order valence-corrected chi connectivity index (χ4v) is 0.971. The molecule has 0 fully saturated rings. The minimum atomic E-state index is -0.892. The van der Waals surface area contributed by atoms with Gasteiger partial charge in [-0.15, -0.1) is 0 Å². The van der Waals surface area contributed by atoms with Crippen LogP contribution in [-0.2, 0) is 14.3 Å². The van der Waals surface area contributed by atoms with Crippen LogP contribution in [0.25, 0.3) is 0 Å². The summed E-state index contributed by atoms with van der Waals surface area (Å²) in [6, 6.07) is 0. The first-order valence-corrected chi connectivity index (χ1v) is 4.44. The molecule has 1 amide bonds. The summed E-state index contributed by atoms with van der Waals surface area (Å²) in [7, 11) is 3.12. The number of carbonyl (C=O) groups excluding carboxylic acids is 1. The van der Waals surface area contributed by atoms with Gasteiger partial charge in [0.1, 0.15) is 0 Å². The summed E-state index contributed by atoms with van der Waals surface area (Å²) in [5.41, 5.74) is 0. The largest absolute Gasteiger partial charge is 0.481 e. The number of rotatable bonds is 6. The molecule has 0 rings (SSSR count). The first-order chi connectivity index (χ1) is 6.49. The first-order valence-electron chi connectivity index (χ1n) is 4.44. The number of carbonyl (C=O) groups is 2. The molecule has 5 nitrogen and oxygen atoms in total. The van der Waals surface area contributed by atoms with Crippen LogP contribution in [0.15, 0.2) is 0 Å². The van der Waals surface area contributed by atoms with Crippen molar-refractivity contribution in [2.45, 2.75) is 13.3 Å². The van der Waals surface area contributed by atoms with Gasteiger partial charge in [0.25, 0.3) is 0 Å². The maximum absolute atomic E-state index is 11.3. The minimum Gasteiger partial charge on any atom is -0.481 e. The zero-order valence-electron chi connectivity index (χ0n) is 8.82. The Kier molecular flexibility index (Phi) is 5.87. The molecule has 0 spiro atoms. The number of carboxylic acids is 1. The summed E-state index contributed by atoms with van der Waals surface area (Å²) in [6.07, 6.45) is 0.291. The molecule has 82 valence electrons. The Bertz CT molecular complexity index is 205. The number of aliphatic carboxylic acids is 1. The van der Waals surface area contributed by atoms with Crippen LogP contribution in [0.5, 0.6) is 0 Å². The van der Waals surface area contributed by atoms with Gasteiger partial charge in [-0.3, -0.25) is 9.59 Å². The molecule has 0 aliphatic heterocycles. The molecule has 0 saturated heterocycles. The van der Waals surface area contributed by atoms with Crippen LogP contribution in [-0.4, -0.2) is 49.2 Å². The maximum atomic E-state index is 11.3. The van der Waals surface area contributed by atoms with Crippen molar-refractivity contribution in [1.82, 2.24) is 4.90 Å². The molecule has 14 heavy (non-hydrogen) atoms. The third-order valence-corrected chi connectivity index (χ3v) is 1.92. The Hall–Kier alpha value is -1.10. The van der Waals surface area contributed by atoms with Gasteiger partial charge in [-0.25, -0.2) is 0 Å². The van der Waals surface area contributed by atoms with Gasteiger partial charge in [-0.1, -0.05) is 6.92 Å². The Morgan fingerprint density at radius 1 is 1.50 bits per heavy atom. The van der Waals surface area contributed by atoms with Crippen molar-refractivity contribution in [3.8, 4) is 0 Å². The zero-order chi connectivity index (χ0) is 11.1. The molecule has 0 radical (unpaired) electrons. The van der Waals surface area contributed by atoms with Gasteiger partial charge >= 0.3 is 5.97 Å². The van der Waals surface area contributed by atoms with E-state index in [0.29, 0.717) is 13.0 Å². The molecule has 1 atom stereocenters. The van der Waals surface area contributed by atoms with Crippen LogP contribution in [0, 0.1) is 5.92 Å². The molecule has 0 aliphatic carbocycles. The molecule has 5 heteroatoms. The summed E-state index contributed by atoms with van der Waals surface area (Å²) in [5, 5.41) is 8.63. The highest BCUT2D eigenvalue weighted by Crippen LogP contribution is 2.00. The van der Waals surface area contributed by atoms with Crippen molar-refractivity contribution < 1.29 is 19.4 Å². The second kappa shape index (κ2) is 6.37. The van der Waals surface area contributed by atoms with Gasteiger partial charge in [0, 0.05) is 20.7 Å². The fourth-order valence-electron chi connectivity index (χ4n) is 0.971. The van der Waals surface area contributed by atoms with Crippen molar-refractivity contribution >= 4 is 11.9 Å². The van der Waals surface area contributed by atoms with E-state index in [1.807, 2.05) is 0 Å². The summed E-state index contributed by atoms with van der Waals surface area (Å²) in [5.74, 6) is -1.53. The van der Waals surface area contributed by atoms with E-state index in [9.17, 15) is 9.59 Å². The van der Waals surface area contributed by atoms with Crippen molar-refractivity contribution in [3.63, 3.8) is 0 Å². The molecule has 0 aromatic rings. The topological polar surface area (TPSA) is 66.8 Å². The summed E-state index contributed by atoms with van der Waals surface area (Å²) in [6.45, 7) is 2.17. The number of nitrogens with zero attached hydrogens (tertiary/aromatic N) is 1. The molecule has 1 N–H and O–H groups in total. The summed E-state index contributed by atoms with van der Waals surface area (Å²) < 4.78 is 4.75. The van der Waals surface area contributed by atoms with Gasteiger partial charge < -0.3 is 14.7 Å². The zero-order valence-corrected chi connectivity index (χ0v) is 8.82. The second-order valence-electron chi connectivity index (χ2n) is 3.26. The number of ether oxygens (including phenoxy) is 1. The molecule has 0 bridgehead atoms. The standard InChI is InChI=1S/C9H17NO4/c1-7(9(12)13)6-10(2)8(11)4-5-14-3/h7H,4-6H2,1-3H3,(H,12,13).